The Kier molecular flexibility index (Phi) is 3.60. The first kappa shape index (κ1) is 13.5. The quantitative estimate of drug-likeness (QED) is 0.570. The van der Waals surface area contributed by atoms with E-state index in [2.05, 4.69) is 15.3 Å². The van der Waals surface area contributed by atoms with Crippen molar-refractivity contribution >= 4 is 17.5 Å². The maximum absolute atomic E-state index is 13.1. The minimum Gasteiger partial charge on any atom is -0.505 e. The van der Waals surface area contributed by atoms with Gasteiger partial charge in [-0.25, -0.2) is 9.37 Å². The fraction of sp³-hybridized carbons (Fsp3) is 0.0909. The molecule has 1 aromatic heterocycles. The number of benzene rings is 1. The van der Waals surface area contributed by atoms with Gasteiger partial charge in [0.15, 0.2) is 11.6 Å². The van der Waals surface area contributed by atoms with Crippen molar-refractivity contribution in [3.63, 3.8) is 0 Å². The zero-order valence-electron chi connectivity index (χ0n) is 10.1. The highest BCUT2D eigenvalue weighted by molar-refractivity contribution is 5.53. The number of aromatic hydroxyl groups is 1. The lowest BCUT2D eigenvalue weighted by atomic mass is 10.2. The van der Waals surface area contributed by atoms with Crippen LogP contribution >= 0.6 is 0 Å². The Bertz CT molecular complexity index is 665. The molecule has 0 spiro atoms. The van der Waals surface area contributed by atoms with Gasteiger partial charge in [0.25, 0.3) is 0 Å². The number of nitrogens with two attached hydrogens (primary N) is 1. The summed E-state index contributed by atoms with van der Waals surface area (Å²) in [5, 5.41) is 22.3. The van der Waals surface area contributed by atoms with E-state index in [4.69, 9.17) is 10.8 Å². The van der Waals surface area contributed by atoms with Gasteiger partial charge in [-0.15, -0.1) is 0 Å². The molecular weight excluding hydrogens is 269 g/mol. The van der Waals surface area contributed by atoms with E-state index in [0.29, 0.717) is 5.56 Å². The van der Waals surface area contributed by atoms with Gasteiger partial charge < -0.3 is 16.2 Å². The van der Waals surface area contributed by atoms with E-state index in [1.807, 2.05) is 0 Å². The van der Waals surface area contributed by atoms with Crippen molar-refractivity contribution in [2.45, 2.75) is 6.54 Å². The third-order valence-electron chi connectivity index (χ3n) is 2.46. The maximum Gasteiger partial charge on any atom is 0.329 e. The van der Waals surface area contributed by atoms with Crippen molar-refractivity contribution in [1.29, 1.82) is 0 Å². The number of nitrogens with one attached hydrogen (secondary N) is 1. The second-order valence-electron chi connectivity index (χ2n) is 3.86. The number of anilines is 2. The number of halogens is 1. The fourth-order valence-corrected chi connectivity index (χ4v) is 1.46. The zero-order chi connectivity index (χ0) is 14.7. The molecule has 0 atom stereocenters. The Morgan fingerprint density at radius 3 is 2.85 bits per heavy atom. The highest BCUT2D eigenvalue weighted by Crippen LogP contribution is 2.19. The smallest absolute Gasteiger partial charge is 0.329 e. The average molecular weight is 279 g/mol. The number of nitro groups is 1. The monoisotopic (exact) mass is 279 g/mol. The summed E-state index contributed by atoms with van der Waals surface area (Å²) in [4.78, 5) is 17.3. The Morgan fingerprint density at radius 2 is 2.25 bits per heavy atom. The van der Waals surface area contributed by atoms with E-state index in [9.17, 15) is 14.5 Å². The summed E-state index contributed by atoms with van der Waals surface area (Å²) in [5.74, 6) is -1.36. The Balaban J connectivity index is 2.09. The minimum absolute atomic E-state index is 0.0848. The van der Waals surface area contributed by atoms with Crippen LogP contribution in [0.1, 0.15) is 5.56 Å². The van der Waals surface area contributed by atoms with Crippen LogP contribution in [0.4, 0.5) is 21.8 Å². The van der Waals surface area contributed by atoms with Gasteiger partial charge in [0.05, 0.1) is 4.92 Å². The molecule has 0 unspecified atom stereocenters. The molecule has 20 heavy (non-hydrogen) atoms. The van der Waals surface area contributed by atoms with Gasteiger partial charge in [0.1, 0.15) is 6.20 Å². The molecule has 1 aromatic carbocycles. The molecule has 1 heterocycles. The molecule has 2 rings (SSSR count). The molecule has 8 nitrogen and oxygen atoms in total. The standard InChI is InChI=1S/C11H10FN5O3/c12-7-3-6(1-2-9(7)18)4-14-11-15-5-8(17(19)20)10(13)16-11/h1-3,5,18H,4H2,(H3,13,14,15,16). The summed E-state index contributed by atoms with van der Waals surface area (Å²) >= 11 is 0. The largest absolute Gasteiger partial charge is 0.505 e. The number of hydrogen-bond acceptors (Lipinski definition) is 7. The molecule has 0 amide bonds. The van der Waals surface area contributed by atoms with Crippen LogP contribution < -0.4 is 11.1 Å². The molecule has 0 saturated heterocycles. The van der Waals surface area contributed by atoms with Gasteiger partial charge >= 0.3 is 5.69 Å². The van der Waals surface area contributed by atoms with E-state index >= 15 is 0 Å². The van der Waals surface area contributed by atoms with E-state index in [1.165, 1.54) is 12.1 Å². The molecule has 0 aliphatic rings. The summed E-state index contributed by atoms with van der Waals surface area (Å²) < 4.78 is 13.1. The van der Waals surface area contributed by atoms with Crippen LogP contribution in [-0.4, -0.2) is 20.0 Å². The molecule has 9 heteroatoms. The third-order valence-corrected chi connectivity index (χ3v) is 2.46. The highest BCUT2D eigenvalue weighted by Gasteiger charge is 2.14. The lowest BCUT2D eigenvalue weighted by molar-refractivity contribution is -0.384. The SMILES string of the molecule is Nc1nc(NCc2ccc(O)c(F)c2)ncc1[N+](=O)[O-]. The minimum atomic E-state index is -0.742. The molecule has 0 saturated carbocycles. The summed E-state index contributed by atoms with van der Waals surface area (Å²) in [5.41, 5.74) is 5.57. The van der Waals surface area contributed by atoms with Crippen molar-refractivity contribution in [2.75, 3.05) is 11.1 Å². The second-order valence-corrected chi connectivity index (χ2v) is 3.86. The van der Waals surface area contributed by atoms with Crippen LogP contribution in [0, 0.1) is 15.9 Å². The molecule has 0 aliphatic heterocycles. The van der Waals surface area contributed by atoms with Gasteiger partial charge in [-0.2, -0.15) is 4.98 Å². The number of hydrogen-bond donors (Lipinski definition) is 3. The van der Waals surface area contributed by atoms with E-state index in [-0.39, 0.29) is 24.0 Å². The van der Waals surface area contributed by atoms with Crippen LogP contribution in [0.5, 0.6) is 5.75 Å². The van der Waals surface area contributed by atoms with Gasteiger partial charge in [-0.05, 0) is 17.7 Å². The van der Waals surface area contributed by atoms with Crippen LogP contribution in [0.3, 0.4) is 0 Å². The number of nitrogens with zero attached hydrogens (tertiary/aromatic N) is 3. The van der Waals surface area contributed by atoms with Crippen molar-refractivity contribution in [2.24, 2.45) is 0 Å². The molecule has 2 aromatic rings. The molecule has 0 bridgehead atoms. The van der Waals surface area contributed by atoms with Crippen LogP contribution in [0.2, 0.25) is 0 Å². The predicted molar refractivity (Wildman–Crippen MR) is 68.5 cm³/mol. The van der Waals surface area contributed by atoms with E-state index in [1.54, 1.807) is 0 Å². The van der Waals surface area contributed by atoms with Crippen LogP contribution in [-0.2, 0) is 6.54 Å². The molecule has 4 N–H and O–H groups in total. The molecule has 0 radical (unpaired) electrons. The third kappa shape index (κ3) is 2.88. The van der Waals surface area contributed by atoms with Gasteiger partial charge in [0.2, 0.25) is 11.8 Å². The lowest BCUT2D eigenvalue weighted by Crippen LogP contribution is -2.07. The van der Waals surface area contributed by atoms with Crippen LogP contribution in [0.15, 0.2) is 24.4 Å². The maximum atomic E-state index is 13.1. The summed E-state index contributed by atoms with van der Waals surface area (Å²) in [6.07, 6.45) is 0.988. The number of nitrogen functional groups attached to an aromatic ring is 1. The van der Waals surface area contributed by atoms with Gasteiger partial charge in [-0.1, -0.05) is 6.07 Å². The van der Waals surface area contributed by atoms with E-state index in [0.717, 1.165) is 12.3 Å². The Morgan fingerprint density at radius 1 is 1.50 bits per heavy atom. The normalized spacial score (nSPS) is 10.2. The number of rotatable bonds is 4. The fourth-order valence-electron chi connectivity index (χ4n) is 1.46. The Hall–Kier alpha value is -2.97. The number of phenolic OH excluding ortho intramolecular Hbond substituents is 1. The van der Waals surface area contributed by atoms with Crippen LogP contribution in [0.25, 0.3) is 0 Å². The first-order valence-corrected chi connectivity index (χ1v) is 5.45. The van der Waals surface area contributed by atoms with Crippen molar-refractivity contribution < 1.29 is 14.4 Å². The van der Waals surface area contributed by atoms with E-state index < -0.39 is 16.5 Å². The summed E-state index contributed by atoms with van der Waals surface area (Å²) in [6, 6.07) is 3.88. The van der Waals surface area contributed by atoms with Crippen molar-refractivity contribution in [3.8, 4) is 5.75 Å². The van der Waals surface area contributed by atoms with Gasteiger partial charge in [0, 0.05) is 6.54 Å². The molecule has 0 fully saturated rings. The summed E-state index contributed by atoms with van der Waals surface area (Å²) in [7, 11) is 0. The molecule has 0 aliphatic carbocycles. The van der Waals surface area contributed by atoms with Crippen molar-refractivity contribution in [1.82, 2.24) is 9.97 Å². The number of phenols is 1. The molecular formula is C11H10FN5O3. The first-order chi connectivity index (χ1) is 9.47. The Labute approximate surface area is 112 Å². The van der Waals surface area contributed by atoms with Crippen molar-refractivity contribution in [3.05, 3.63) is 45.9 Å². The average Bonchev–Trinajstić information content (AvgIpc) is 2.40. The molecule has 104 valence electrons. The summed E-state index contributed by atoms with van der Waals surface area (Å²) in [6.45, 7) is 0.175. The zero-order valence-corrected chi connectivity index (χ0v) is 10.1. The topological polar surface area (TPSA) is 127 Å². The van der Waals surface area contributed by atoms with Gasteiger partial charge in [-0.3, -0.25) is 10.1 Å². The lowest BCUT2D eigenvalue weighted by Gasteiger charge is -2.06. The number of aromatic nitrogens is 2. The first-order valence-electron chi connectivity index (χ1n) is 5.45. The predicted octanol–water partition coefficient (Wildman–Crippen LogP) is 1.42. The highest BCUT2D eigenvalue weighted by atomic mass is 19.1. The second kappa shape index (κ2) is 5.34.